The molecule has 0 heterocycles. The molecule has 0 radical (unpaired) electrons. The van der Waals surface area contributed by atoms with Gasteiger partial charge in [0.2, 0.25) is 0 Å². The molecule has 0 unspecified atom stereocenters. The Morgan fingerprint density at radius 2 is 1.19 bits per heavy atom. The summed E-state index contributed by atoms with van der Waals surface area (Å²) in [5, 5.41) is 0. The van der Waals surface area contributed by atoms with Gasteiger partial charge < -0.3 is 10.2 Å². The molecule has 0 amide bonds. The molecule has 0 aromatic heterocycles. The number of nitrogens with one attached hydrogen (secondary N) is 2. The highest BCUT2D eigenvalue weighted by Crippen LogP contribution is 2.29. The van der Waals surface area contributed by atoms with Crippen LogP contribution in [0.5, 0.6) is 11.5 Å². The summed E-state index contributed by atoms with van der Waals surface area (Å²) < 4.78 is 5.90. The van der Waals surface area contributed by atoms with E-state index in [-0.39, 0.29) is 0 Å². The largest absolute Gasteiger partial charge is 0.455 e. The topological polar surface area (TPSA) is 33.3 Å². The lowest BCUT2D eigenvalue weighted by Crippen LogP contribution is -2.09. The van der Waals surface area contributed by atoms with E-state index in [0.717, 1.165) is 22.9 Å². The highest BCUT2D eigenvalue weighted by molar-refractivity contribution is 5.61. The predicted octanol–water partition coefficient (Wildman–Crippen LogP) is 4.92. The molecule has 3 rings (SSSR count). The zero-order valence-corrected chi connectivity index (χ0v) is 11.5. The molecule has 0 saturated carbocycles. The van der Waals surface area contributed by atoms with Crippen LogP contribution in [0.1, 0.15) is 0 Å². The molecule has 0 fully saturated rings. The van der Waals surface area contributed by atoms with Crippen LogP contribution in [0.3, 0.4) is 0 Å². The van der Waals surface area contributed by atoms with Crippen LogP contribution in [0.4, 0.5) is 11.4 Å². The summed E-state index contributed by atoms with van der Waals surface area (Å²) in [6.45, 7) is 0. The van der Waals surface area contributed by atoms with Gasteiger partial charge in [0, 0.05) is 0 Å². The van der Waals surface area contributed by atoms with Crippen LogP contribution in [-0.2, 0) is 0 Å². The first-order valence-corrected chi connectivity index (χ1v) is 6.81. The van der Waals surface area contributed by atoms with E-state index in [1.807, 2.05) is 84.9 Å². The molecule has 21 heavy (non-hydrogen) atoms. The molecule has 3 aromatic rings. The van der Waals surface area contributed by atoms with Crippen molar-refractivity contribution in [3.8, 4) is 11.5 Å². The van der Waals surface area contributed by atoms with Crippen molar-refractivity contribution >= 4 is 11.4 Å². The SMILES string of the molecule is c1ccc(NNc2ccccc2Oc2ccccc2)cc1. The lowest BCUT2D eigenvalue weighted by Gasteiger charge is -2.14. The first-order chi connectivity index (χ1) is 10.4. The Labute approximate surface area is 124 Å². The minimum absolute atomic E-state index is 0.770. The molecule has 0 spiro atoms. The lowest BCUT2D eigenvalue weighted by atomic mass is 10.3. The van der Waals surface area contributed by atoms with Gasteiger partial charge in [0.1, 0.15) is 5.75 Å². The summed E-state index contributed by atoms with van der Waals surface area (Å²) in [5.41, 5.74) is 8.20. The average Bonchev–Trinajstić information content (AvgIpc) is 2.56. The minimum Gasteiger partial charge on any atom is -0.455 e. The van der Waals surface area contributed by atoms with Gasteiger partial charge in [-0.2, -0.15) is 0 Å². The summed E-state index contributed by atoms with van der Waals surface area (Å²) in [7, 11) is 0. The van der Waals surface area contributed by atoms with Gasteiger partial charge in [-0.25, -0.2) is 0 Å². The predicted molar refractivity (Wildman–Crippen MR) is 86.6 cm³/mol. The molecular formula is C18H16N2O. The van der Waals surface area contributed by atoms with Crippen molar-refractivity contribution < 1.29 is 4.74 Å². The molecular weight excluding hydrogens is 260 g/mol. The third kappa shape index (κ3) is 3.54. The van der Waals surface area contributed by atoms with Crippen LogP contribution in [0.25, 0.3) is 0 Å². The fourth-order valence-corrected chi connectivity index (χ4v) is 1.94. The first-order valence-electron chi connectivity index (χ1n) is 6.81. The zero-order chi connectivity index (χ0) is 14.3. The Balaban J connectivity index is 1.73. The average molecular weight is 276 g/mol. The van der Waals surface area contributed by atoms with E-state index in [0.29, 0.717) is 0 Å². The van der Waals surface area contributed by atoms with Gasteiger partial charge in [-0.15, -0.1) is 0 Å². The van der Waals surface area contributed by atoms with Crippen molar-refractivity contribution in [1.82, 2.24) is 0 Å². The maximum Gasteiger partial charge on any atom is 0.152 e. The fourth-order valence-electron chi connectivity index (χ4n) is 1.94. The second kappa shape index (κ2) is 6.48. The Hall–Kier alpha value is -2.94. The number of hydrazine groups is 1. The zero-order valence-electron chi connectivity index (χ0n) is 11.5. The molecule has 2 N–H and O–H groups in total. The van der Waals surface area contributed by atoms with Crippen molar-refractivity contribution in [3.63, 3.8) is 0 Å². The third-order valence-electron chi connectivity index (χ3n) is 2.97. The monoisotopic (exact) mass is 276 g/mol. The minimum atomic E-state index is 0.770. The van der Waals surface area contributed by atoms with Crippen LogP contribution >= 0.6 is 0 Å². The van der Waals surface area contributed by atoms with Crippen LogP contribution in [0.2, 0.25) is 0 Å². The highest BCUT2D eigenvalue weighted by Gasteiger charge is 2.03. The highest BCUT2D eigenvalue weighted by atomic mass is 16.5. The maximum absolute atomic E-state index is 5.90. The van der Waals surface area contributed by atoms with Gasteiger partial charge >= 0.3 is 0 Å². The molecule has 3 heteroatoms. The summed E-state index contributed by atoms with van der Waals surface area (Å²) in [5.74, 6) is 1.58. The second-order valence-electron chi connectivity index (χ2n) is 4.53. The van der Waals surface area contributed by atoms with E-state index in [9.17, 15) is 0 Å². The first kappa shape index (κ1) is 13.1. The maximum atomic E-state index is 5.90. The summed E-state index contributed by atoms with van der Waals surface area (Å²) >= 11 is 0. The van der Waals surface area contributed by atoms with Gasteiger partial charge in [-0.3, -0.25) is 5.43 Å². The van der Waals surface area contributed by atoms with Crippen molar-refractivity contribution in [3.05, 3.63) is 84.9 Å². The molecule has 3 aromatic carbocycles. The van der Waals surface area contributed by atoms with Crippen molar-refractivity contribution in [2.75, 3.05) is 10.9 Å². The van der Waals surface area contributed by atoms with E-state index in [2.05, 4.69) is 10.9 Å². The van der Waals surface area contributed by atoms with Gasteiger partial charge in [0.15, 0.2) is 5.75 Å². The number of benzene rings is 3. The Morgan fingerprint density at radius 1 is 0.571 bits per heavy atom. The molecule has 0 aliphatic rings. The molecule has 104 valence electrons. The van der Waals surface area contributed by atoms with Crippen LogP contribution < -0.4 is 15.6 Å². The normalized spacial score (nSPS) is 9.90. The number of anilines is 2. The molecule has 0 aliphatic heterocycles. The van der Waals surface area contributed by atoms with E-state index in [1.54, 1.807) is 0 Å². The van der Waals surface area contributed by atoms with Gasteiger partial charge in [0.25, 0.3) is 0 Å². The van der Waals surface area contributed by atoms with Gasteiger partial charge in [-0.1, -0.05) is 48.5 Å². The smallest absolute Gasteiger partial charge is 0.152 e. The molecule has 0 atom stereocenters. The van der Waals surface area contributed by atoms with Crippen LogP contribution in [0, 0.1) is 0 Å². The number of hydrogen-bond acceptors (Lipinski definition) is 3. The van der Waals surface area contributed by atoms with Crippen LogP contribution in [-0.4, -0.2) is 0 Å². The number of rotatable bonds is 5. The Kier molecular flexibility index (Phi) is 4.03. The standard InChI is InChI=1S/C18H16N2O/c1-3-9-15(10-4-1)19-20-17-13-7-8-14-18(17)21-16-11-5-2-6-12-16/h1-14,19-20H. The van der Waals surface area contributed by atoms with E-state index < -0.39 is 0 Å². The van der Waals surface area contributed by atoms with E-state index >= 15 is 0 Å². The quantitative estimate of drug-likeness (QED) is 0.649. The second-order valence-corrected chi connectivity index (χ2v) is 4.53. The van der Waals surface area contributed by atoms with Gasteiger partial charge in [-0.05, 0) is 36.4 Å². The molecule has 0 bridgehead atoms. The van der Waals surface area contributed by atoms with E-state index in [4.69, 9.17) is 4.74 Å². The molecule has 3 nitrogen and oxygen atoms in total. The third-order valence-corrected chi connectivity index (χ3v) is 2.97. The number of hydrogen-bond donors (Lipinski definition) is 2. The Bertz CT molecular complexity index is 684. The number of ether oxygens (including phenoxy) is 1. The van der Waals surface area contributed by atoms with E-state index in [1.165, 1.54) is 0 Å². The van der Waals surface area contributed by atoms with Crippen molar-refractivity contribution in [2.45, 2.75) is 0 Å². The Morgan fingerprint density at radius 3 is 1.95 bits per heavy atom. The summed E-state index contributed by atoms with van der Waals surface area (Å²) in [6, 6.07) is 27.5. The lowest BCUT2D eigenvalue weighted by molar-refractivity contribution is 0.484. The van der Waals surface area contributed by atoms with Gasteiger partial charge in [0.05, 0.1) is 11.4 Å². The summed E-state index contributed by atoms with van der Waals surface area (Å²) in [4.78, 5) is 0. The summed E-state index contributed by atoms with van der Waals surface area (Å²) in [6.07, 6.45) is 0. The van der Waals surface area contributed by atoms with Crippen molar-refractivity contribution in [2.24, 2.45) is 0 Å². The number of para-hydroxylation sites is 4. The molecule has 0 saturated heterocycles. The molecule has 0 aliphatic carbocycles. The fraction of sp³-hybridized carbons (Fsp3) is 0. The van der Waals surface area contributed by atoms with Crippen molar-refractivity contribution in [1.29, 1.82) is 0 Å². The van der Waals surface area contributed by atoms with Crippen LogP contribution in [0.15, 0.2) is 84.9 Å².